The molecule has 2 unspecified atom stereocenters. The van der Waals surface area contributed by atoms with Gasteiger partial charge in [0.1, 0.15) is 0 Å². The number of alkyl halides is 3. The van der Waals surface area contributed by atoms with Gasteiger partial charge < -0.3 is 4.90 Å². The first-order valence-electron chi connectivity index (χ1n) is 8.52. The molecule has 1 amide bonds. The molecule has 2 nitrogen and oxygen atoms in total. The van der Waals surface area contributed by atoms with Crippen molar-refractivity contribution in [3.05, 3.63) is 65.2 Å². The van der Waals surface area contributed by atoms with Crippen LogP contribution in [0.1, 0.15) is 35.4 Å². The lowest BCUT2D eigenvalue weighted by Gasteiger charge is -2.29. The van der Waals surface area contributed by atoms with Crippen molar-refractivity contribution in [1.29, 1.82) is 0 Å². The first-order chi connectivity index (χ1) is 12.0. The number of anilines is 1. The Morgan fingerprint density at radius 1 is 1.04 bits per heavy atom. The summed E-state index contributed by atoms with van der Waals surface area (Å²) in [6.07, 6.45) is -2.07. The molecular weight excluding hydrogens is 327 g/mol. The lowest BCUT2D eigenvalue weighted by atomic mass is 9.99. The van der Waals surface area contributed by atoms with Crippen molar-refractivity contribution in [2.75, 3.05) is 11.4 Å². The van der Waals surface area contributed by atoms with Gasteiger partial charge in [0.25, 0.3) is 0 Å². The molecule has 0 spiro atoms. The maximum Gasteiger partial charge on any atom is 0.416 e. The molecule has 1 saturated carbocycles. The number of halogens is 3. The molecule has 1 aliphatic heterocycles. The van der Waals surface area contributed by atoms with Crippen LogP contribution in [-0.2, 0) is 17.4 Å². The predicted molar refractivity (Wildman–Crippen MR) is 89.4 cm³/mol. The van der Waals surface area contributed by atoms with Gasteiger partial charge in [-0.15, -0.1) is 0 Å². The highest BCUT2D eigenvalue weighted by atomic mass is 19.4. The third-order valence-corrected chi connectivity index (χ3v) is 5.15. The Morgan fingerprint density at radius 3 is 2.56 bits per heavy atom. The van der Waals surface area contributed by atoms with Crippen LogP contribution in [0.3, 0.4) is 0 Å². The van der Waals surface area contributed by atoms with Gasteiger partial charge in [-0.25, -0.2) is 0 Å². The van der Waals surface area contributed by atoms with E-state index in [1.54, 1.807) is 11.0 Å². The molecule has 2 aromatic carbocycles. The molecule has 5 heteroatoms. The van der Waals surface area contributed by atoms with E-state index in [9.17, 15) is 18.0 Å². The van der Waals surface area contributed by atoms with Crippen molar-refractivity contribution in [2.45, 2.75) is 31.4 Å². The molecule has 0 bridgehead atoms. The van der Waals surface area contributed by atoms with Gasteiger partial charge in [-0.3, -0.25) is 4.79 Å². The zero-order chi connectivity index (χ0) is 17.6. The molecule has 2 aliphatic rings. The summed E-state index contributed by atoms with van der Waals surface area (Å²) < 4.78 is 39.7. The van der Waals surface area contributed by atoms with Gasteiger partial charge >= 0.3 is 6.18 Å². The Kier molecular flexibility index (Phi) is 3.82. The Bertz CT molecular complexity index is 815. The molecule has 1 aliphatic carbocycles. The van der Waals surface area contributed by atoms with Crippen LogP contribution in [0.2, 0.25) is 0 Å². The number of carbonyl (C=O) groups is 1. The van der Waals surface area contributed by atoms with Gasteiger partial charge in [-0.2, -0.15) is 13.2 Å². The number of benzene rings is 2. The normalized spacial score (nSPS) is 22.4. The van der Waals surface area contributed by atoms with Crippen molar-refractivity contribution >= 4 is 11.6 Å². The maximum atomic E-state index is 13.2. The summed E-state index contributed by atoms with van der Waals surface area (Å²) in [4.78, 5) is 14.7. The second-order valence-corrected chi connectivity index (χ2v) is 6.76. The van der Waals surface area contributed by atoms with Gasteiger partial charge in [0, 0.05) is 18.2 Å². The second-order valence-electron chi connectivity index (χ2n) is 6.76. The molecule has 1 fully saturated rings. The molecule has 2 aromatic rings. The first-order valence-corrected chi connectivity index (χ1v) is 8.52. The van der Waals surface area contributed by atoms with Gasteiger partial charge in [-0.05, 0) is 48.4 Å². The minimum absolute atomic E-state index is 0.0471. The van der Waals surface area contributed by atoms with E-state index in [1.165, 1.54) is 12.1 Å². The predicted octanol–water partition coefficient (Wildman–Crippen LogP) is 4.79. The van der Waals surface area contributed by atoms with Crippen molar-refractivity contribution in [3.63, 3.8) is 0 Å². The maximum absolute atomic E-state index is 13.2. The van der Waals surface area contributed by atoms with Gasteiger partial charge in [0.15, 0.2) is 0 Å². The zero-order valence-electron chi connectivity index (χ0n) is 13.6. The quantitative estimate of drug-likeness (QED) is 0.766. The van der Waals surface area contributed by atoms with E-state index in [0.29, 0.717) is 13.0 Å². The SMILES string of the molecule is O=C(C1CC1c1ccccc1C(F)(F)F)N1CCCc2ccccc21. The van der Waals surface area contributed by atoms with Crippen molar-refractivity contribution in [1.82, 2.24) is 0 Å². The van der Waals surface area contributed by atoms with Crippen LogP contribution in [0.5, 0.6) is 0 Å². The number of para-hydroxylation sites is 1. The third-order valence-electron chi connectivity index (χ3n) is 5.15. The standard InChI is InChI=1S/C20H18F3NO/c21-20(22,23)17-9-3-2-8-14(17)15-12-16(15)19(25)24-11-5-7-13-6-1-4-10-18(13)24/h1-4,6,8-10,15-16H,5,7,11-12H2. The number of carbonyl (C=O) groups excluding carboxylic acids is 1. The van der Waals surface area contributed by atoms with Crippen LogP contribution in [0.4, 0.5) is 18.9 Å². The molecule has 0 aromatic heterocycles. The number of rotatable bonds is 2. The number of fused-ring (bicyclic) bond motifs is 1. The smallest absolute Gasteiger partial charge is 0.312 e. The Hall–Kier alpha value is -2.30. The lowest BCUT2D eigenvalue weighted by molar-refractivity contribution is -0.138. The number of nitrogens with zero attached hydrogens (tertiary/aromatic N) is 1. The fourth-order valence-electron chi connectivity index (χ4n) is 3.85. The monoisotopic (exact) mass is 345 g/mol. The Balaban J connectivity index is 1.58. The van der Waals surface area contributed by atoms with Gasteiger partial charge in [-0.1, -0.05) is 36.4 Å². The van der Waals surface area contributed by atoms with E-state index >= 15 is 0 Å². The highest BCUT2D eigenvalue weighted by Crippen LogP contribution is 2.52. The number of hydrogen-bond acceptors (Lipinski definition) is 1. The topological polar surface area (TPSA) is 20.3 Å². The minimum Gasteiger partial charge on any atom is -0.312 e. The Morgan fingerprint density at radius 2 is 1.76 bits per heavy atom. The largest absolute Gasteiger partial charge is 0.416 e. The summed E-state index contributed by atoms with van der Waals surface area (Å²) >= 11 is 0. The van der Waals surface area contributed by atoms with Crippen LogP contribution < -0.4 is 4.90 Å². The van der Waals surface area contributed by atoms with Gasteiger partial charge in [0.2, 0.25) is 5.91 Å². The highest BCUT2D eigenvalue weighted by Gasteiger charge is 2.49. The molecule has 4 rings (SSSR count). The second kappa shape index (κ2) is 5.90. The molecule has 1 heterocycles. The fourth-order valence-corrected chi connectivity index (χ4v) is 3.85. The molecule has 25 heavy (non-hydrogen) atoms. The number of aryl methyl sites for hydroxylation is 1. The minimum atomic E-state index is -4.38. The molecule has 0 saturated heterocycles. The number of hydrogen-bond donors (Lipinski definition) is 0. The van der Waals surface area contributed by atoms with Crippen LogP contribution >= 0.6 is 0 Å². The van der Waals surface area contributed by atoms with E-state index in [-0.39, 0.29) is 23.3 Å². The summed E-state index contributed by atoms with van der Waals surface area (Å²) in [6.45, 7) is 0.639. The van der Waals surface area contributed by atoms with Crippen LogP contribution in [0, 0.1) is 5.92 Å². The van der Waals surface area contributed by atoms with Crippen LogP contribution in [-0.4, -0.2) is 12.5 Å². The van der Waals surface area contributed by atoms with Crippen LogP contribution in [0.25, 0.3) is 0 Å². The van der Waals surface area contributed by atoms with E-state index in [2.05, 4.69) is 0 Å². The molecule has 130 valence electrons. The summed E-state index contributed by atoms with van der Waals surface area (Å²) in [7, 11) is 0. The van der Waals surface area contributed by atoms with Crippen molar-refractivity contribution < 1.29 is 18.0 Å². The molecule has 0 N–H and O–H groups in total. The van der Waals surface area contributed by atoms with E-state index < -0.39 is 11.7 Å². The highest BCUT2D eigenvalue weighted by molar-refractivity contribution is 5.98. The molecular formula is C20H18F3NO. The van der Waals surface area contributed by atoms with Crippen molar-refractivity contribution in [2.24, 2.45) is 5.92 Å². The lowest BCUT2D eigenvalue weighted by Crippen LogP contribution is -2.36. The third kappa shape index (κ3) is 2.92. The summed E-state index contributed by atoms with van der Waals surface area (Å²) in [5.41, 5.74) is 1.68. The first kappa shape index (κ1) is 16.2. The van der Waals surface area contributed by atoms with Gasteiger partial charge in [0.05, 0.1) is 5.56 Å². The van der Waals surface area contributed by atoms with E-state index in [4.69, 9.17) is 0 Å². The zero-order valence-corrected chi connectivity index (χ0v) is 13.6. The molecule has 0 radical (unpaired) electrons. The van der Waals surface area contributed by atoms with E-state index in [1.807, 2.05) is 24.3 Å². The average molecular weight is 345 g/mol. The number of amides is 1. The van der Waals surface area contributed by atoms with Crippen molar-refractivity contribution in [3.8, 4) is 0 Å². The molecule has 2 atom stereocenters. The van der Waals surface area contributed by atoms with E-state index in [0.717, 1.165) is 30.2 Å². The fraction of sp³-hybridized carbons (Fsp3) is 0.350. The summed E-state index contributed by atoms with van der Waals surface area (Å²) in [5.74, 6) is -0.733. The Labute approximate surface area is 144 Å². The van der Waals surface area contributed by atoms with Crippen LogP contribution in [0.15, 0.2) is 48.5 Å². The average Bonchev–Trinajstić information content (AvgIpc) is 3.40. The summed E-state index contributed by atoms with van der Waals surface area (Å²) in [6, 6.07) is 13.4. The summed E-state index contributed by atoms with van der Waals surface area (Å²) in [5, 5.41) is 0.